The molecule has 0 spiro atoms. The lowest BCUT2D eigenvalue weighted by molar-refractivity contribution is -0.384. The fourth-order valence-corrected chi connectivity index (χ4v) is 1.18. The molecule has 7 heteroatoms. The quantitative estimate of drug-likeness (QED) is 0.474. The fourth-order valence-electron chi connectivity index (χ4n) is 0.770. The van der Waals surface area contributed by atoms with Gasteiger partial charge in [-0.05, 0) is 22.0 Å². The Hall–Kier alpha value is -1.14. The van der Waals surface area contributed by atoms with Crippen LogP contribution in [0.4, 0.5) is 10.5 Å². The summed E-state index contributed by atoms with van der Waals surface area (Å²) in [7, 11) is 0. The molecule has 0 amide bonds. The van der Waals surface area contributed by atoms with E-state index in [4.69, 9.17) is 11.6 Å². The molecule has 0 aliphatic carbocycles. The molecular formula is C7H3BrClNO4. The highest BCUT2D eigenvalue weighted by Gasteiger charge is 2.12. The van der Waals surface area contributed by atoms with Crippen LogP contribution < -0.4 is 4.74 Å². The molecule has 74 valence electrons. The Bertz CT molecular complexity index is 395. The predicted molar refractivity (Wildman–Crippen MR) is 52.7 cm³/mol. The number of nitro benzene ring substituents is 1. The van der Waals surface area contributed by atoms with Gasteiger partial charge in [-0.25, -0.2) is 4.79 Å². The summed E-state index contributed by atoms with van der Waals surface area (Å²) in [5.74, 6) is 0.0131. The van der Waals surface area contributed by atoms with E-state index in [-0.39, 0.29) is 11.4 Å². The van der Waals surface area contributed by atoms with Gasteiger partial charge in [-0.2, -0.15) is 0 Å². The van der Waals surface area contributed by atoms with Crippen molar-refractivity contribution < 1.29 is 14.5 Å². The molecule has 0 heterocycles. The van der Waals surface area contributed by atoms with Gasteiger partial charge in [0.1, 0.15) is 0 Å². The first-order chi connectivity index (χ1) is 6.50. The molecule has 5 nitrogen and oxygen atoms in total. The Morgan fingerprint density at radius 3 is 2.71 bits per heavy atom. The van der Waals surface area contributed by atoms with E-state index >= 15 is 0 Å². The minimum atomic E-state index is -1.05. The van der Waals surface area contributed by atoms with Crippen molar-refractivity contribution in [3.8, 4) is 5.75 Å². The van der Waals surface area contributed by atoms with Gasteiger partial charge in [-0.15, -0.1) is 0 Å². The molecule has 1 rings (SSSR count). The lowest BCUT2D eigenvalue weighted by Crippen LogP contribution is -1.98. The minimum Gasteiger partial charge on any atom is -0.413 e. The number of non-ortho nitro benzene ring substituents is 1. The van der Waals surface area contributed by atoms with Crippen molar-refractivity contribution in [1.82, 2.24) is 0 Å². The number of nitro groups is 1. The number of hydrogen-bond donors (Lipinski definition) is 0. The number of hydrogen-bond acceptors (Lipinski definition) is 4. The maximum absolute atomic E-state index is 10.4. The first kappa shape index (κ1) is 10.9. The zero-order valence-electron chi connectivity index (χ0n) is 6.57. The third-order valence-electron chi connectivity index (χ3n) is 1.32. The summed E-state index contributed by atoms with van der Waals surface area (Å²) in [5.41, 5.74) is -1.23. The number of carbonyl (C=O) groups excluding carboxylic acids is 1. The normalized spacial score (nSPS) is 9.57. The molecule has 0 unspecified atom stereocenters. The fraction of sp³-hybridized carbons (Fsp3) is 0. The van der Waals surface area contributed by atoms with Gasteiger partial charge in [0.2, 0.25) is 0 Å². The van der Waals surface area contributed by atoms with Gasteiger partial charge in [-0.1, -0.05) is 0 Å². The molecule has 1 aromatic carbocycles. The highest BCUT2D eigenvalue weighted by molar-refractivity contribution is 9.10. The zero-order chi connectivity index (χ0) is 10.7. The number of benzene rings is 1. The number of ether oxygens (including phenoxy) is 1. The summed E-state index contributed by atoms with van der Waals surface area (Å²) < 4.78 is 4.92. The van der Waals surface area contributed by atoms with Crippen LogP contribution in [0.3, 0.4) is 0 Å². The molecule has 0 fully saturated rings. The van der Waals surface area contributed by atoms with Crippen molar-refractivity contribution in [2.75, 3.05) is 0 Å². The second-order valence-corrected chi connectivity index (χ2v) is 3.37. The Labute approximate surface area is 91.9 Å². The molecule has 1 aromatic rings. The molecule has 14 heavy (non-hydrogen) atoms. The van der Waals surface area contributed by atoms with Gasteiger partial charge < -0.3 is 4.74 Å². The Balaban J connectivity index is 3.08. The summed E-state index contributed by atoms with van der Waals surface area (Å²) >= 11 is 8.01. The van der Waals surface area contributed by atoms with E-state index in [0.29, 0.717) is 4.47 Å². The van der Waals surface area contributed by atoms with E-state index in [1.54, 1.807) is 0 Å². The summed E-state index contributed by atoms with van der Waals surface area (Å²) in [5, 5.41) is 10.4. The van der Waals surface area contributed by atoms with Crippen molar-refractivity contribution in [2.24, 2.45) is 0 Å². The summed E-state index contributed by atoms with van der Waals surface area (Å²) in [4.78, 5) is 20.2. The Morgan fingerprint density at radius 2 is 2.21 bits per heavy atom. The second kappa shape index (κ2) is 4.39. The van der Waals surface area contributed by atoms with Gasteiger partial charge in [0, 0.05) is 17.7 Å². The minimum absolute atomic E-state index is 0.0131. The molecule has 0 atom stereocenters. The van der Waals surface area contributed by atoms with E-state index in [2.05, 4.69) is 20.7 Å². The Morgan fingerprint density at radius 1 is 1.57 bits per heavy atom. The molecule has 0 saturated carbocycles. The predicted octanol–water partition coefficient (Wildman–Crippen LogP) is 3.09. The van der Waals surface area contributed by atoms with E-state index in [1.807, 2.05) is 0 Å². The largest absolute Gasteiger partial charge is 0.413 e. The molecule has 0 aliphatic heterocycles. The van der Waals surface area contributed by atoms with E-state index in [0.717, 1.165) is 6.07 Å². The van der Waals surface area contributed by atoms with Gasteiger partial charge in [-0.3, -0.25) is 10.1 Å². The van der Waals surface area contributed by atoms with Crippen LogP contribution in [-0.2, 0) is 0 Å². The lowest BCUT2D eigenvalue weighted by Gasteiger charge is -2.01. The van der Waals surface area contributed by atoms with E-state index in [1.165, 1.54) is 12.1 Å². The topological polar surface area (TPSA) is 69.4 Å². The molecule has 0 radical (unpaired) electrons. The van der Waals surface area contributed by atoms with Gasteiger partial charge in [0.15, 0.2) is 5.75 Å². The van der Waals surface area contributed by atoms with Crippen LogP contribution in [0.5, 0.6) is 5.75 Å². The van der Waals surface area contributed by atoms with Crippen LogP contribution in [0, 0.1) is 10.1 Å². The molecule has 0 bridgehead atoms. The first-order valence-electron chi connectivity index (χ1n) is 3.32. The van der Waals surface area contributed by atoms with E-state index in [9.17, 15) is 14.9 Å². The van der Waals surface area contributed by atoms with Crippen molar-refractivity contribution in [3.05, 3.63) is 32.8 Å². The highest BCUT2D eigenvalue weighted by atomic mass is 79.9. The van der Waals surface area contributed by atoms with Gasteiger partial charge >= 0.3 is 5.43 Å². The van der Waals surface area contributed by atoms with Crippen LogP contribution in [0.15, 0.2) is 22.7 Å². The maximum atomic E-state index is 10.4. The molecule has 0 saturated heterocycles. The van der Waals surface area contributed by atoms with Crippen LogP contribution in [0.1, 0.15) is 0 Å². The zero-order valence-corrected chi connectivity index (χ0v) is 8.91. The summed E-state index contributed by atoms with van der Waals surface area (Å²) in [6, 6.07) is 3.77. The molecule has 0 N–H and O–H groups in total. The molecule has 0 aromatic heterocycles. The van der Waals surface area contributed by atoms with Crippen LogP contribution in [0.25, 0.3) is 0 Å². The van der Waals surface area contributed by atoms with Crippen molar-refractivity contribution >= 4 is 38.6 Å². The number of halogens is 2. The average Bonchev–Trinajstić information content (AvgIpc) is 2.07. The monoisotopic (exact) mass is 279 g/mol. The summed E-state index contributed by atoms with van der Waals surface area (Å²) in [6.45, 7) is 0. The molecule has 0 aliphatic rings. The third-order valence-corrected chi connectivity index (χ3v) is 2.05. The van der Waals surface area contributed by atoms with Gasteiger partial charge in [0.05, 0.1) is 15.5 Å². The highest BCUT2D eigenvalue weighted by Crippen LogP contribution is 2.29. The second-order valence-electron chi connectivity index (χ2n) is 2.21. The van der Waals surface area contributed by atoms with Crippen LogP contribution in [-0.4, -0.2) is 10.4 Å². The van der Waals surface area contributed by atoms with Crippen LogP contribution >= 0.6 is 27.5 Å². The van der Waals surface area contributed by atoms with Crippen molar-refractivity contribution in [3.63, 3.8) is 0 Å². The number of carbonyl (C=O) groups is 1. The third kappa shape index (κ3) is 2.68. The van der Waals surface area contributed by atoms with Crippen molar-refractivity contribution in [2.45, 2.75) is 0 Å². The standard InChI is InChI=1S/C7H3BrClNO4/c8-5-2-1-4(10(12)13)3-6(5)14-7(9)11/h1-3H. The van der Waals surface area contributed by atoms with Crippen molar-refractivity contribution in [1.29, 1.82) is 0 Å². The lowest BCUT2D eigenvalue weighted by atomic mass is 10.3. The van der Waals surface area contributed by atoms with Crippen LogP contribution in [0.2, 0.25) is 0 Å². The summed E-state index contributed by atoms with van der Waals surface area (Å²) in [6.07, 6.45) is 0. The number of nitrogens with zero attached hydrogens (tertiary/aromatic N) is 1. The average molecular weight is 280 g/mol. The number of rotatable bonds is 2. The van der Waals surface area contributed by atoms with E-state index < -0.39 is 10.4 Å². The first-order valence-corrected chi connectivity index (χ1v) is 4.49. The maximum Gasteiger partial charge on any atom is 0.409 e. The molecular weight excluding hydrogens is 277 g/mol. The Kier molecular flexibility index (Phi) is 3.43. The SMILES string of the molecule is O=C(Cl)Oc1cc([N+](=O)[O-])ccc1Br. The smallest absolute Gasteiger partial charge is 0.409 e. The van der Waals surface area contributed by atoms with Gasteiger partial charge in [0.25, 0.3) is 5.69 Å².